The lowest BCUT2D eigenvalue weighted by molar-refractivity contribution is -0.139. The van der Waals surface area contributed by atoms with E-state index in [1.165, 1.54) is 10.3 Å². The van der Waals surface area contributed by atoms with E-state index >= 15 is 0 Å². The smallest absolute Gasteiger partial charge is 0.328 e. The van der Waals surface area contributed by atoms with Crippen LogP contribution in [0.5, 0.6) is 0 Å². The molecule has 0 unspecified atom stereocenters. The maximum atomic E-state index is 11.5. The number of carbonyl (C=O) groups excluding carboxylic acids is 1. The fourth-order valence-corrected chi connectivity index (χ4v) is 4.13. The summed E-state index contributed by atoms with van der Waals surface area (Å²) in [4.78, 5) is 16.2. The molecule has 4 rings (SSSR count). The van der Waals surface area contributed by atoms with Crippen LogP contribution in [0.25, 0.3) is 20.8 Å². The monoisotopic (exact) mass is 383 g/mol. The molecule has 0 saturated carbocycles. The normalized spacial score (nSPS) is 16.5. The first kappa shape index (κ1) is 16.9. The van der Waals surface area contributed by atoms with Crippen molar-refractivity contribution >= 4 is 50.5 Å². The van der Waals surface area contributed by atoms with Gasteiger partial charge in [-0.05, 0) is 61.1 Å². The topological polar surface area (TPSA) is 63.3 Å². The Morgan fingerprint density at radius 2 is 2.08 bits per heavy atom. The number of anilines is 1. The summed E-state index contributed by atoms with van der Waals surface area (Å²) >= 11 is 6.95. The molecule has 2 N–H and O–H groups in total. The molecular formula is C19H17N3O2S2. The van der Waals surface area contributed by atoms with Gasteiger partial charge in [0.1, 0.15) is 11.0 Å². The summed E-state index contributed by atoms with van der Waals surface area (Å²) in [7, 11) is 0. The lowest BCUT2D eigenvalue weighted by Gasteiger charge is -2.13. The number of fused-ring (bicyclic) bond motifs is 1. The molecule has 132 valence electrons. The van der Waals surface area contributed by atoms with E-state index in [0.717, 1.165) is 21.8 Å². The molecule has 3 aromatic rings. The number of aromatic nitrogens is 1. The third-order valence-electron chi connectivity index (χ3n) is 4.17. The fraction of sp³-hybridized carbons (Fsp3) is 0.211. The molecule has 5 nitrogen and oxygen atoms in total. The van der Waals surface area contributed by atoms with Gasteiger partial charge in [0.2, 0.25) is 0 Å². The van der Waals surface area contributed by atoms with Crippen LogP contribution in [0.1, 0.15) is 12.0 Å². The highest BCUT2D eigenvalue weighted by Crippen LogP contribution is 2.31. The van der Waals surface area contributed by atoms with Gasteiger partial charge in [-0.25, -0.2) is 9.78 Å². The number of ether oxygens (including phenoxy) is 1. The van der Waals surface area contributed by atoms with Crippen molar-refractivity contribution in [2.24, 2.45) is 0 Å². The van der Waals surface area contributed by atoms with Crippen LogP contribution in [0.4, 0.5) is 5.69 Å². The lowest BCUT2D eigenvalue weighted by atomic mass is 10.2. The van der Waals surface area contributed by atoms with Crippen LogP contribution in [0.15, 0.2) is 42.5 Å². The maximum Gasteiger partial charge on any atom is 0.328 e. The van der Waals surface area contributed by atoms with Gasteiger partial charge in [-0.1, -0.05) is 6.07 Å². The highest BCUT2D eigenvalue weighted by molar-refractivity contribution is 7.80. The molecule has 7 heteroatoms. The van der Waals surface area contributed by atoms with Gasteiger partial charge in [-0.2, -0.15) is 0 Å². The van der Waals surface area contributed by atoms with Crippen molar-refractivity contribution in [3.63, 3.8) is 0 Å². The van der Waals surface area contributed by atoms with Crippen LogP contribution < -0.4 is 10.6 Å². The summed E-state index contributed by atoms with van der Waals surface area (Å²) < 4.78 is 6.11. The Balaban J connectivity index is 1.45. The van der Waals surface area contributed by atoms with Gasteiger partial charge in [0.25, 0.3) is 0 Å². The van der Waals surface area contributed by atoms with Crippen molar-refractivity contribution < 1.29 is 9.53 Å². The van der Waals surface area contributed by atoms with E-state index in [2.05, 4.69) is 35.8 Å². The first-order chi connectivity index (χ1) is 12.6. The predicted octanol–water partition coefficient (Wildman–Crippen LogP) is 3.87. The molecule has 26 heavy (non-hydrogen) atoms. The Morgan fingerprint density at radius 1 is 1.27 bits per heavy atom. The number of carbonyl (C=O) groups is 1. The number of nitrogens with zero attached hydrogens (tertiary/aromatic N) is 1. The number of hydrogen-bond donors (Lipinski definition) is 2. The maximum absolute atomic E-state index is 11.5. The van der Waals surface area contributed by atoms with E-state index in [0.29, 0.717) is 18.1 Å². The highest BCUT2D eigenvalue weighted by Gasteiger charge is 2.26. The number of nitrogens with one attached hydrogen (secondary N) is 2. The molecule has 1 saturated heterocycles. The highest BCUT2D eigenvalue weighted by atomic mass is 32.1. The average molecular weight is 383 g/mol. The van der Waals surface area contributed by atoms with Crippen LogP contribution in [0.3, 0.4) is 0 Å². The summed E-state index contributed by atoms with van der Waals surface area (Å²) in [6.45, 7) is 2.52. The third kappa shape index (κ3) is 3.54. The molecule has 1 atom stereocenters. The number of benzene rings is 2. The Morgan fingerprint density at radius 3 is 2.81 bits per heavy atom. The van der Waals surface area contributed by atoms with Crippen molar-refractivity contribution in [1.29, 1.82) is 0 Å². The number of hydrogen-bond acceptors (Lipinski definition) is 5. The van der Waals surface area contributed by atoms with Crippen molar-refractivity contribution in [1.82, 2.24) is 10.3 Å². The third-order valence-corrected chi connectivity index (χ3v) is 5.46. The Bertz CT molecular complexity index is 982. The van der Waals surface area contributed by atoms with Crippen LogP contribution in [0, 0.1) is 6.92 Å². The zero-order chi connectivity index (χ0) is 18.1. The van der Waals surface area contributed by atoms with E-state index in [1.54, 1.807) is 11.3 Å². The largest absolute Gasteiger partial charge is 0.464 e. The van der Waals surface area contributed by atoms with Gasteiger partial charge in [0, 0.05) is 17.7 Å². The average Bonchev–Trinajstić information content (AvgIpc) is 3.21. The molecule has 0 amide bonds. The summed E-state index contributed by atoms with van der Waals surface area (Å²) in [5.74, 6) is -0.254. The second kappa shape index (κ2) is 7.01. The van der Waals surface area contributed by atoms with Crippen molar-refractivity contribution in [2.45, 2.75) is 19.4 Å². The van der Waals surface area contributed by atoms with Crippen molar-refractivity contribution in [2.75, 3.05) is 11.9 Å². The summed E-state index contributed by atoms with van der Waals surface area (Å²) in [5.41, 5.74) is 4.17. The summed E-state index contributed by atoms with van der Waals surface area (Å²) in [6.07, 6.45) is 0.636. The zero-order valence-electron chi connectivity index (χ0n) is 14.1. The second-order valence-electron chi connectivity index (χ2n) is 6.17. The minimum atomic E-state index is -0.361. The standard InChI is InChI=1S/C19H17N3O2S2/c1-11-2-7-14-16(10-11)26-17(21-14)12-3-5-13(6-4-12)20-19(25)22-15-8-9-24-18(15)23/h2-7,10,15H,8-9H2,1H3,(H2,20,22,25)/t15-/m1/s1. The molecule has 2 aromatic carbocycles. The molecule has 1 aliphatic rings. The van der Waals surface area contributed by atoms with Crippen LogP contribution >= 0.6 is 23.6 Å². The van der Waals surface area contributed by atoms with Crippen LogP contribution in [-0.4, -0.2) is 28.7 Å². The van der Waals surface area contributed by atoms with E-state index < -0.39 is 0 Å². The molecule has 0 spiro atoms. The minimum Gasteiger partial charge on any atom is -0.464 e. The van der Waals surface area contributed by atoms with Crippen LogP contribution in [-0.2, 0) is 9.53 Å². The van der Waals surface area contributed by atoms with Crippen molar-refractivity contribution in [3.05, 3.63) is 48.0 Å². The van der Waals surface area contributed by atoms with E-state index in [-0.39, 0.29) is 12.0 Å². The molecule has 1 aromatic heterocycles. The molecule has 1 fully saturated rings. The Kier molecular flexibility index (Phi) is 4.57. The van der Waals surface area contributed by atoms with Gasteiger partial charge >= 0.3 is 5.97 Å². The number of esters is 1. The van der Waals surface area contributed by atoms with E-state index in [9.17, 15) is 4.79 Å². The van der Waals surface area contributed by atoms with Crippen LogP contribution in [0.2, 0.25) is 0 Å². The Hall–Kier alpha value is -2.51. The van der Waals surface area contributed by atoms with Gasteiger partial charge in [-0.15, -0.1) is 11.3 Å². The minimum absolute atomic E-state index is 0.254. The predicted molar refractivity (Wildman–Crippen MR) is 109 cm³/mol. The second-order valence-corrected chi connectivity index (χ2v) is 7.61. The van der Waals surface area contributed by atoms with E-state index in [4.69, 9.17) is 21.9 Å². The summed E-state index contributed by atoms with van der Waals surface area (Å²) in [5, 5.41) is 7.49. The number of thiocarbonyl (C=S) groups is 1. The zero-order valence-corrected chi connectivity index (χ0v) is 15.7. The summed E-state index contributed by atoms with van der Waals surface area (Å²) in [6, 6.07) is 13.9. The number of aryl methyl sites for hydroxylation is 1. The van der Waals surface area contributed by atoms with Gasteiger partial charge < -0.3 is 15.4 Å². The van der Waals surface area contributed by atoms with Crippen molar-refractivity contribution in [3.8, 4) is 10.6 Å². The van der Waals surface area contributed by atoms with Gasteiger partial charge in [-0.3, -0.25) is 0 Å². The van der Waals surface area contributed by atoms with Gasteiger partial charge in [0.05, 0.1) is 16.8 Å². The number of cyclic esters (lactones) is 1. The molecule has 0 aliphatic carbocycles. The quantitative estimate of drug-likeness (QED) is 0.529. The lowest BCUT2D eigenvalue weighted by Crippen LogP contribution is -2.40. The number of thiazole rings is 1. The molecule has 1 aliphatic heterocycles. The van der Waals surface area contributed by atoms with Gasteiger partial charge in [0.15, 0.2) is 5.11 Å². The SMILES string of the molecule is Cc1ccc2nc(-c3ccc(NC(=S)N[C@@H]4CCOC4=O)cc3)sc2c1. The molecule has 2 heterocycles. The number of rotatable bonds is 3. The first-order valence-electron chi connectivity index (χ1n) is 8.30. The Labute approximate surface area is 160 Å². The fourth-order valence-electron chi connectivity index (χ4n) is 2.80. The molecule has 0 radical (unpaired) electrons. The van der Waals surface area contributed by atoms with E-state index in [1.807, 2.05) is 24.3 Å². The molecular weight excluding hydrogens is 366 g/mol. The molecule has 0 bridgehead atoms. The first-order valence-corrected chi connectivity index (χ1v) is 9.53.